The summed E-state index contributed by atoms with van der Waals surface area (Å²) in [6, 6.07) is -3.44. The normalized spacial score (nSPS) is 16.8. The fourth-order valence-electron chi connectivity index (χ4n) is 4.62. The largest absolute Gasteiger partial charge is 0.480 e. The Kier molecular flexibility index (Phi) is 21.6. The fraction of sp³-hybridized carbons (Fsp3) is 0.629. The van der Waals surface area contributed by atoms with Crippen molar-refractivity contribution in [2.24, 2.45) is 15.7 Å². The minimum absolute atomic E-state index is 0. The lowest BCUT2D eigenvalue weighted by Gasteiger charge is -2.24. The minimum Gasteiger partial charge on any atom is -0.480 e. The van der Waals surface area contributed by atoms with E-state index in [0.717, 1.165) is 11.1 Å². The first-order valence-electron chi connectivity index (χ1n) is 17.4. The molecule has 2 aliphatic heterocycles. The number of rotatable bonds is 13. The highest BCUT2D eigenvalue weighted by Crippen LogP contribution is 2.13. The molecule has 0 fully saturated rings. The van der Waals surface area contributed by atoms with E-state index in [9.17, 15) is 33.6 Å². The van der Waals surface area contributed by atoms with Crippen molar-refractivity contribution in [3.63, 3.8) is 0 Å². The number of nitrogens with one attached hydrogen (secondary N) is 5. The summed E-state index contributed by atoms with van der Waals surface area (Å²) in [6.45, 7) is 14.9. The number of nitrogens with two attached hydrogens (primary N) is 1. The van der Waals surface area contributed by atoms with Crippen molar-refractivity contribution in [2.45, 2.75) is 130 Å². The molecule has 0 unspecified atom stereocenters. The number of nitrogens with zero attached hydrogens (tertiary/aromatic N) is 2. The van der Waals surface area contributed by atoms with E-state index in [1.807, 2.05) is 0 Å². The molecule has 0 aliphatic carbocycles. The smallest absolute Gasteiger partial charge is 0.407 e. The molecule has 54 heavy (non-hydrogen) atoms. The molecule has 0 saturated heterocycles. The summed E-state index contributed by atoms with van der Waals surface area (Å²) in [7, 11) is 0. The van der Waals surface area contributed by atoms with E-state index >= 15 is 0 Å². The van der Waals surface area contributed by atoms with Crippen LogP contribution in [0.15, 0.2) is 33.3 Å². The second-order valence-corrected chi connectivity index (χ2v) is 14.5. The second kappa shape index (κ2) is 23.7. The molecule has 7 amide bonds. The molecule has 304 valence electrons. The number of aliphatic imine (C=N–C) groups is 2. The number of urea groups is 2. The van der Waals surface area contributed by atoms with Crippen LogP contribution in [0.3, 0.4) is 0 Å². The van der Waals surface area contributed by atoms with Crippen LogP contribution in [0.5, 0.6) is 0 Å². The molecule has 8 N–H and O–H groups in total. The van der Waals surface area contributed by atoms with E-state index < -0.39 is 53.4 Å². The maximum atomic E-state index is 12.6. The van der Waals surface area contributed by atoms with Crippen LogP contribution in [0.2, 0.25) is 0 Å². The Bertz CT molecular complexity index is 1480. The number of hydrogen-bond acceptors (Lipinski definition) is 10. The fourth-order valence-corrected chi connectivity index (χ4v) is 4.62. The number of carbonyl (C=O) groups is 7. The third-order valence-electron chi connectivity index (χ3n) is 6.78. The molecule has 0 radical (unpaired) electrons. The van der Waals surface area contributed by atoms with Crippen LogP contribution in [0.1, 0.15) is 107 Å². The summed E-state index contributed by atoms with van der Waals surface area (Å²) in [5.74, 6) is -1.95. The number of esters is 1. The topological polar surface area (TPSA) is 269 Å². The molecule has 0 bridgehead atoms. The zero-order valence-electron chi connectivity index (χ0n) is 32.4. The molecule has 18 nitrogen and oxygen atoms in total. The number of aliphatic carboxylic acids is 1. The van der Waals surface area contributed by atoms with Crippen molar-refractivity contribution in [2.75, 3.05) is 13.1 Å². The van der Waals surface area contributed by atoms with Crippen molar-refractivity contribution in [1.29, 1.82) is 0 Å². The van der Waals surface area contributed by atoms with Gasteiger partial charge in [0.05, 0.1) is 0 Å². The number of amidine groups is 2. The molecule has 2 atom stereocenters. The van der Waals surface area contributed by atoms with Gasteiger partial charge in [-0.25, -0.2) is 24.0 Å². The average molecular weight is 785 g/mol. The van der Waals surface area contributed by atoms with Gasteiger partial charge in [-0.15, -0.1) is 12.4 Å². The van der Waals surface area contributed by atoms with E-state index in [1.165, 1.54) is 12.2 Å². The van der Waals surface area contributed by atoms with Crippen LogP contribution in [0.25, 0.3) is 0 Å². The quantitative estimate of drug-likeness (QED) is 0.105. The van der Waals surface area contributed by atoms with Gasteiger partial charge < -0.3 is 46.9 Å². The van der Waals surface area contributed by atoms with Gasteiger partial charge in [-0.2, -0.15) is 9.98 Å². The first-order valence-corrected chi connectivity index (χ1v) is 17.4. The van der Waals surface area contributed by atoms with Gasteiger partial charge in [0, 0.05) is 31.5 Å². The molecule has 19 heteroatoms. The SMILES string of the molecule is CC1=CC(=O)NC(=NC(=O)N[C@@H](CCCCN)C(=O)O)C1.CC1=CC(=O)NC(=NC(=O)N[C@@H](CCCCNC(=O)OC(C)(C)C)C(=O)OC(C)(C)C)C1.Cl. The van der Waals surface area contributed by atoms with Gasteiger partial charge >= 0.3 is 30.1 Å². The number of amides is 7. The number of carboxylic acid groups (broad SMARTS) is 1. The number of unbranched alkanes of at least 4 members (excludes halogenated alkanes) is 2. The number of alkyl carbamates (subject to hydrolysis) is 1. The van der Waals surface area contributed by atoms with E-state index in [1.54, 1.807) is 55.4 Å². The molecule has 0 saturated carbocycles. The zero-order chi connectivity index (χ0) is 40.4. The highest BCUT2D eigenvalue weighted by atomic mass is 35.5. The Labute approximate surface area is 322 Å². The maximum Gasteiger partial charge on any atom is 0.407 e. The number of carboxylic acids is 1. The predicted molar refractivity (Wildman–Crippen MR) is 204 cm³/mol. The maximum absolute atomic E-state index is 12.6. The molecule has 0 aromatic rings. The molecule has 0 aromatic carbocycles. The van der Waals surface area contributed by atoms with E-state index in [4.69, 9.17) is 20.3 Å². The van der Waals surface area contributed by atoms with Gasteiger partial charge in [0.15, 0.2) is 0 Å². The summed E-state index contributed by atoms with van der Waals surface area (Å²) >= 11 is 0. The lowest BCUT2D eigenvalue weighted by molar-refractivity contribution is -0.157. The summed E-state index contributed by atoms with van der Waals surface area (Å²) in [4.78, 5) is 89.8. The summed E-state index contributed by atoms with van der Waals surface area (Å²) in [6.07, 6.45) is 6.02. The standard InChI is InChI=1S/C22H36N4O6.C13H20N4O4.ClH/c1-14-12-16(25-17(27)13-14)26-19(29)24-15(18(28)31-21(2,3)4)10-8-9-11-23-20(30)32-22(5,6)7;1-8-6-10(16-11(18)7-8)17-13(21)15-9(12(19)20)4-2-3-5-14;/h13,15H,8-12H2,1-7H3,(H,23,30)(H2,24,25,26,27,29);7,9H,2-6,14H2,1H3,(H,19,20)(H2,15,16,17,18,21);1H/t15-;9-;/m00./s1. The first kappa shape index (κ1) is 49.2. The predicted octanol–water partition coefficient (Wildman–Crippen LogP) is 3.53. The molecule has 2 aliphatic rings. The van der Waals surface area contributed by atoms with Crippen molar-refractivity contribution >= 4 is 66.0 Å². The second-order valence-electron chi connectivity index (χ2n) is 14.5. The van der Waals surface area contributed by atoms with Gasteiger partial charge in [0.1, 0.15) is 35.0 Å². The highest BCUT2D eigenvalue weighted by molar-refractivity contribution is 6.10. The monoisotopic (exact) mass is 784 g/mol. The van der Waals surface area contributed by atoms with Crippen LogP contribution in [-0.4, -0.2) is 95.1 Å². The van der Waals surface area contributed by atoms with Crippen LogP contribution >= 0.6 is 12.4 Å². The Morgan fingerprint density at radius 3 is 1.65 bits per heavy atom. The summed E-state index contributed by atoms with van der Waals surface area (Å²) in [5.41, 5.74) is 5.60. The van der Waals surface area contributed by atoms with E-state index in [0.29, 0.717) is 58.0 Å². The number of carbonyl (C=O) groups excluding carboxylic acids is 6. The van der Waals surface area contributed by atoms with Gasteiger partial charge in [-0.1, -0.05) is 11.1 Å². The molecule has 0 aromatic heterocycles. The van der Waals surface area contributed by atoms with E-state index in [2.05, 4.69) is 36.6 Å². The van der Waals surface area contributed by atoms with Crippen molar-refractivity contribution in [3.8, 4) is 0 Å². The molecular weight excluding hydrogens is 728 g/mol. The molecule has 0 spiro atoms. The Morgan fingerprint density at radius 2 is 1.22 bits per heavy atom. The van der Waals surface area contributed by atoms with Crippen LogP contribution in [0, 0.1) is 0 Å². The Hall–Kier alpha value is -4.84. The Morgan fingerprint density at radius 1 is 0.778 bits per heavy atom. The van der Waals surface area contributed by atoms with Crippen LogP contribution < -0.4 is 32.3 Å². The zero-order valence-corrected chi connectivity index (χ0v) is 33.2. The lowest BCUT2D eigenvalue weighted by atomic mass is 10.1. The van der Waals surface area contributed by atoms with E-state index in [-0.39, 0.29) is 42.3 Å². The van der Waals surface area contributed by atoms with Crippen LogP contribution in [-0.2, 0) is 28.7 Å². The van der Waals surface area contributed by atoms with Gasteiger partial charge in [-0.3, -0.25) is 9.59 Å². The third kappa shape index (κ3) is 23.0. The third-order valence-corrected chi connectivity index (χ3v) is 6.78. The number of ether oxygens (including phenoxy) is 2. The van der Waals surface area contributed by atoms with Crippen molar-refractivity contribution in [3.05, 3.63) is 23.3 Å². The molecular formula is C35H57ClN8O10. The average Bonchev–Trinajstić information content (AvgIpc) is 2.97. The number of halogens is 1. The van der Waals surface area contributed by atoms with Crippen LogP contribution in [0.4, 0.5) is 14.4 Å². The summed E-state index contributed by atoms with van der Waals surface area (Å²) in [5, 5.41) is 21.5. The van der Waals surface area contributed by atoms with Crippen molar-refractivity contribution in [1.82, 2.24) is 26.6 Å². The van der Waals surface area contributed by atoms with Gasteiger partial charge in [0.25, 0.3) is 0 Å². The Balaban J connectivity index is 0.00000111. The van der Waals surface area contributed by atoms with Gasteiger partial charge in [-0.05, 0) is 100 Å². The minimum atomic E-state index is -1.12. The molecule has 2 heterocycles. The first-order chi connectivity index (χ1) is 24.6. The summed E-state index contributed by atoms with van der Waals surface area (Å²) < 4.78 is 10.6. The van der Waals surface area contributed by atoms with Gasteiger partial charge in [0.2, 0.25) is 11.8 Å². The number of hydrogen-bond donors (Lipinski definition) is 7. The van der Waals surface area contributed by atoms with Crippen molar-refractivity contribution < 1.29 is 48.1 Å². The lowest BCUT2D eigenvalue weighted by Crippen LogP contribution is -2.44. The molecule has 2 rings (SSSR count). The highest BCUT2D eigenvalue weighted by Gasteiger charge is 2.27.